The van der Waals surface area contributed by atoms with E-state index in [4.69, 9.17) is 11.6 Å². The fourth-order valence-corrected chi connectivity index (χ4v) is 3.99. The van der Waals surface area contributed by atoms with Crippen molar-refractivity contribution < 1.29 is 22.5 Å². The van der Waals surface area contributed by atoms with Crippen molar-refractivity contribution >= 4 is 44.6 Å². The molecule has 0 radical (unpaired) electrons. The third-order valence-corrected chi connectivity index (χ3v) is 5.28. The van der Waals surface area contributed by atoms with Crippen molar-refractivity contribution in [2.45, 2.75) is 19.4 Å². The number of carbonyl (C=O) groups excluding carboxylic acids is 1. The van der Waals surface area contributed by atoms with Crippen molar-refractivity contribution in [3.05, 3.63) is 63.4 Å². The zero-order valence-corrected chi connectivity index (χ0v) is 16.5. The summed E-state index contributed by atoms with van der Waals surface area (Å²) in [5.74, 6) is -1.36. The summed E-state index contributed by atoms with van der Waals surface area (Å²) in [5, 5.41) is 13.3. The fraction of sp³-hybridized carbons (Fsp3) is 0.235. The fourth-order valence-electron chi connectivity index (χ4n) is 2.60. The predicted octanol–water partition coefficient (Wildman–Crippen LogP) is 3.57. The Balaban J connectivity index is 2.42. The molecule has 1 N–H and O–H groups in total. The first-order chi connectivity index (χ1) is 13.0. The summed E-state index contributed by atoms with van der Waals surface area (Å²) in [6.07, 6.45) is 0.979. The average Bonchev–Trinajstić information content (AvgIpc) is 2.61. The number of hydrogen-bond acceptors (Lipinski definition) is 5. The summed E-state index contributed by atoms with van der Waals surface area (Å²) in [5.41, 5.74) is -0.148. The second-order valence-electron chi connectivity index (χ2n) is 5.88. The molecular formula is C17H17ClFN3O5S. The average molecular weight is 430 g/mol. The van der Waals surface area contributed by atoms with Gasteiger partial charge in [0.05, 0.1) is 21.9 Å². The lowest BCUT2D eigenvalue weighted by molar-refractivity contribution is -0.384. The zero-order chi connectivity index (χ0) is 21.1. The molecule has 0 unspecified atom stereocenters. The summed E-state index contributed by atoms with van der Waals surface area (Å²) in [6, 6.07) is 7.32. The van der Waals surface area contributed by atoms with Gasteiger partial charge in [-0.3, -0.25) is 19.2 Å². The molecule has 0 aliphatic heterocycles. The first-order valence-corrected chi connectivity index (χ1v) is 10.3. The SMILES string of the molecule is CC[C@H](C(=O)Nc1ccc(F)c(Cl)c1)N(c1cccc([N+](=O)[O-])c1)S(C)(=O)=O. The van der Waals surface area contributed by atoms with Crippen LogP contribution < -0.4 is 9.62 Å². The number of non-ortho nitro benzene ring substituents is 1. The number of sulfonamides is 1. The van der Waals surface area contributed by atoms with Gasteiger partial charge >= 0.3 is 0 Å². The monoisotopic (exact) mass is 429 g/mol. The van der Waals surface area contributed by atoms with Gasteiger partial charge in [-0.2, -0.15) is 0 Å². The number of carbonyl (C=O) groups is 1. The van der Waals surface area contributed by atoms with E-state index in [1.807, 2.05) is 0 Å². The number of rotatable bonds is 7. The number of benzene rings is 2. The van der Waals surface area contributed by atoms with Crippen molar-refractivity contribution in [1.82, 2.24) is 0 Å². The molecule has 2 aromatic rings. The van der Waals surface area contributed by atoms with Gasteiger partial charge in [0.2, 0.25) is 15.9 Å². The number of nitro benzene ring substituents is 1. The number of nitro groups is 1. The molecule has 8 nitrogen and oxygen atoms in total. The van der Waals surface area contributed by atoms with Crippen LogP contribution in [0.1, 0.15) is 13.3 Å². The van der Waals surface area contributed by atoms with Crippen molar-refractivity contribution in [2.75, 3.05) is 15.9 Å². The Morgan fingerprint density at radius 2 is 2.00 bits per heavy atom. The summed E-state index contributed by atoms with van der Waals surface area (Å²) in [6.45, 7) is 1.59. The van der Waals surface area contributed by atoms with Crippen LogP contribution in [0.4, 0.5) is 21.5 Å². The lowest BCUT2D eigenvalue weighted by atomic mass is 10.1. The Morgan fingerprint density at radius 1 is 1.32 bits per heavy atom. The van der Waals surface area contributed by atoms with Crippen molar-refractivity contribution in [3.63, 3.8) is 0 Å². The third-order valence-electron chi connectivity index (χ3n) is 3.81. The zero-order valence-electron chi connectivity index (χ0n) is 14.9. The normalized spacial score (nSPS) is 12.3. The van der Waals surface area contributed by atoms with Crippen molar-refractivity contribution in [3.8, 4) is 0 Å². The molecule has 2 rings (SSSR count). The number of nitrogens with one attached hydrogen (secondary N) is 1. The molecule has 2 aromatic carbocycles. The summed E-state index contributed by atoms with van der Waals surface area (Å²) in [4.78, 5) is 23.1. The second-order valence-corrected chi connectivity index (χ2v) is 8.14. The molecule has 1 atom stereocenters. The maximum absolute atomic E-state index is 13.3. The van der Waals surface area contributed by atoms with E-state index in [1.54, 1.807) is 6.92 Å². The molecule has 28 heavy (non-hydrogen) atoms. The van der Waals surface area contributed by atoms with E-state index >= 15 is 0 Å². The van der Waals surface area contributed by atoms with Gasteiger partial charge in [-0.25, -0.2) is 12.8 Å². The number of nitrogens with zero attached hydrogens (tertiary/aromatic N) is 2. The van der Waals surface area contributed by atoms with E-state index in [9.17, 15) is 27.7 Å². The highest BCUT2D eigenvalue weighted by molar-refractivity contribution is 7.92. The molecule has 0 aromatic heterocycles. The van der Waals surface area contributed by atoms with Crippen LogP contribution in [0.3, 0.4) is 0 Å². The van der Waals surface area contributed by atoms with Gasteiger partial charge in [0.1, 0.15) is 11.9 Å². The van der Waals surface area contributed by atoms with Gasteiger partial charge in [0, 0.05) is 17.8 Å². The van der Waals surface area contributed by atoms with Crippen LogP contribution in [0.2, 0.25) is 5.02 Å². The number of hydrogen-bond donors (Lipinski definition) is 1. The number of amides is 1. The topological polar surface area (TPSA) is 110 Å². The Bertz CT molecular complexity index is 1020. The van der Waals surface area contributed by atoms with Crippen LogP contribution in [0.15, 0.2) is 42.5 Å². The minimum Gasteiger partial charge on any atom is -0.324 e. The molecule has 0 fully saturated rings. The highest BCUT2D eigenvalue weighted by atomic mass is 35.5. The first kappa shape index (κ1) is 21.6. The van der Waals surface area contributed by atoms with Gasteiger partial charge in [-0.15, -0.1) is 0 Å². The quantitative estimate of drug-likeness (QED) is 0.534. The molecule has 0 saturated carbocycles. The summed E-state index contributed by atoms with van der Waals surface area (Å²) < 4.78 is 38.9. The molecule has 150 valence electrons. The molecule has 0 spiro atoms. The molecule has 0 bridgehead atoms. The summed E-state index contributed by atoms with van der Waals surface area (Å²) >= 11 is 5.69. The number of anilines is 2. The minimum atomic E-state index is -3.96. The van der Waals surface area contributed by atoms with Gasteiger partial charge in [-0.05, 0) is 30.7 Å². The van der Waals surface area contributed by atoms with Gasteiger partial charge in [-0.1, -0.05) is 24.6 Å². The van der Waals surface area contributed by atoms with E-state index in [2.05, 4.69) is 5.32 Å². The highest BCUT2D eigenvalue weighted by Gasteiger charge is 2.32. The lowest BCUT2D eigenvalue weighted by Gasteiger charge is -2.30. The molecule has 0 aliphatic rings. The second kappa shape index (κ2) is 8.53. The van der Waals surface area contributed by atoms with Gasteiger partial charge in [0.25, 0.3) is 5.69 Å². The van der Waals surface area contributed by atoms with Gasteiger partial charge < -0.3 is 5.32 Å². The van der Waals surface area contributed by atoms with Crippen LogP contribution in [-0.4, -0.2) is 31.5 Å². The van der Waals surface area contributed by atoms with Gasteiger partial charge in [0.15, 0.2) is 0 Å². The molecule has 0 aliphatic carbocycles. The molecular weight excluding hydrogens is 413 g/mol. The van der Waals surface area contributed by atoms with Crippen LogP contribution >= 0.6 is 11.6 Å². The molecule has 1 amide bonds. The van der Waals surface area contributed by atoms with Crippen molar-refractivity contribution in [2.24, 2.45) is 0 Å². The molecule has 0 heterocycles. The van der Waals surface area contributed by atoms with Crippen LogP contribution in [-0.2, 0) is 14.8 Å². The Morgan fingerprint density at radius 3 is 2.54 bits per heavy atom. The summed E-state index contributed by atoms with van der Waals surface area (Å²) in [7, 11) is -3.96. The predicted molar refractivity (Wildman–Crippen MR) is 105 cm³/mol. The van der Waals surface area contributed by atoms with Crippen LogP contribution in [0.5, 0.6) is 0 Å². The maximum atomic E-state index is 13.3. The number of halogens is 2. The Hall–Kier alpha value is -2.72. The Kier molecular flexibility index (Phi) is 6.57. The van der Waals surface area contributed by atoms with Crippen LogP contribution in [0, 0.1) is 15.9 Å². The lowest BCUT2D eigenvalue weighted by Crippen LogP contribution is -2.47. The van der Waals surface area contributed by atoms with E-state index in [0.717, 1.165) is 22.7 Å². The highest BCUT2D eigenvalue weighted by Crippen LogP contribution is 2.27. The Labute approximate surface area is 166 Å². The molecule has 11 heteroatoms. The van der Waals surface area contributed by atoms with E-state index < -0.39 is 32.7 Å². The van der Waals surface area contributed by atoms with E-state index in [1.165, 1.54) is 30.3 Å². The van der Waals surface area contributed by atoms with Crippen molar-refractivity contribution in [1.29, 1.82) is 0 Å². The first-order valence-electron chi connectivity index (χ1n) is 8.04. The standard InChI is InChI=1S/C17H17ClFN3O5S/c1-3-16(17(23)20-11-7-8-15(19)14(18)9-11)21(28(2,26)27)12-5-4-6-13(10-12)22(24)25/h4-10,16H,3H2,1-2H3,(H,20,23)/t16-/m1/s1. The molecule has 0 saturated heterocycles. The van der Waals surface area contributed by atoms with E-state index in [-0.39, 0.29) is 28.5 Å². The third kappa shape index (κ3) is 4.96. The van der Waals surface area contributed by atoms with E-state index in [0.29, 0.717) is 0 Å². The maximum Gasteiger partial charge on any atom is 0.271 e. The minimum absolute atomic E-state index is 0.0177. The largest absolute Gasteiger partial charge is 0.324 e. The van der Waals surface area contributed by atoms with Crippen LogP contribution in [0.25, 0.3) is 0 Å². The smallest absolute Gasteiger partial charge is 0.271 e.